The van der Waals surface area contributed by atoms with Crippen molar-refractivity contribution >= 4 is 38.6 Å². The molecule has 1 N–H and O–H groups in total. The summed E-state index contributed by atoms with van der Waals surface area (Å²) in [4.78, 5) is 35.4. The normalized spacial score (nSPS) is 18.7. The van der Waals surface area contributed by atoms with Crippen LogP contribution >= 0.6 is 11.3 Å². The van der Waals surface area contributed by atoms with E-state index in [-0.39, 0.29) is 11.9 Å². The maximum absolute atomic E-state index is 12.6. The molecule has 0 bridgehead atoms. The number of rotatable bonds is 3. The predicted molar refractivity (Wildman–Crippen MR) is 107 cm³/mol. The standard InChI is InChI=1S/C19H25N5O2S/c25-17(23-9-3-4-10-23)14-22-8-5-11-24(13-12-22)19(26)21-18-20-15-6-1-2-7-16(15)27-18/h1-2,6-7H,3-5,8-14H2,(H,20,21,26). The summed E-state index contributed by atoms with van der Waals surface area (Å²) in [5, 5.41) is 3.56. The average Bonchev–Trinajstić information content (AvgIpc) is 3.27. The van der Waals surface area contributed by atoms with E-state index < -0.39 is 0 Å². The van der Waals surface area contributed by atoms with Crippen molar-refractivity contribution in [1.29, 1.82) is 0 Å². The molecule has 0 spiro atoms. The Kier molecular flexibility index (Phi) is 5.54. The van der Waals surface area contributed by atoms with Crippen molar-refractivity contribution in [1.82, 2.24) is 19.7 Å². The molecule has 8 heteroatoms. The molecule has 3 heterocycles. The molecule has 0 aliphatic carbocycles. The fraction of sp³-hybridized carbons (Fsp3) is 0.526. The summed E-state index contributed by atoms with van der Waals surface area (Å²) in [5.41, 5.74) is 0.903. The van der Waals surface area contributed by atoms with Crippen LogP contribution in [0.5, 0.6) is 0 Å². The quantitative estimate of drug-likeness (QED) is 0.878. The summed E-state index contributed by atoms with van der Waals surface area (Å²) in [6.07, 6.45) is 3.11. The topological polar surface area (TPSA) is 68.8 Å². The number of thiazole rings is 1. The Labute approximate surface area is 162 Å². The monoisotopic (exact) mass is 387 g/mol. The number of benzene rings is 1. The Balaban J connectivity index is 1.30. The maximum Gasteiger partial charge on any atom is 0.323 e. The summed E-state index contributed by atoms with van der Waals surface area (Å²) in [6, 6.07) is 7.76. The number of aromatic nitrogens is 1. The van der Waals surface area contributed by atoms with Crippen LogP contribution in [-0.4, -0.2) is 77.4 Å². The molecule has 27 heavy (non-hydrogen) atoms. The van der Waals surface area contributed by atoms with E-state index in [1.807, 2.05) is 34.1 Å². The van der Waals surface area contributed by atoms with Gasteiger partial charge in [0.25, 0.3) is 0 Å². The van der Waals surface area contributed by atoms with E-state index in [1.54, 1.807) is 0 Å². The molecule has 144 valence electrons. The molecular formula is C19H25N5O2S. The molecular weight excluding hydrogens is 362 g/mol. The molecule has 2 saturated heterocycles. The number of likely N-dealkylation sites (tertiary alicyclic amines) is 1. The Morgan fingerprint density at radius 1 is 0.963 bits per heavy atom. The van der Waals surface area contributed by atoms with Gasteiger partial charge in [-0.05, 0) is 31.4 Å². The summed E-state index contributed by atoms with van der Waals surface area (Å²) in [7, 11) is 0. The summed E-state index contributed by atoms with van der Waals surface area (Å²) in [5.74, 6) is 0.222. The molecule has 1 aromatic heterocycles. The zero-order chi connectivity index (χ0) is 18.6. The number of fused-ring (bicyclic) bond motifs is 1. The minimum absolute atomic E-state index is 0.109. The van der Waals surface area contributed by atoms with Gasteiger partial charge in [-0.1, -0.05) is 23.5 Å². The van der Waals surface area contributed by atoms with Crippen molar-refractivity contribution in [3.63, 3.8) is 0 Å². The second-order valence-electron chi connectivity index (χ2n) is 7.12. The lowest BCUT2D eigenvalue weighted by Gasteiger charge is -2.23. The summed E-state index contributed by atoms with van der Waals surface area (Å²) < 4.78 is 1.07. The van der Waals surface area contributed by atoms with Crippen molar-refractivity contribution in [2.75, 3.05) is 51.1 Å². The van der Waals surface area contributed by atoms with E-state index >= 15 is 0 Å². The molecule has 1 aromatic carbocycles. The minimum Gasteiger partial charge on any atom is -0.342 e. The Hall–Kier alpha value is -2.19. The molecule has 2 aliphatic heterocycles. The van der Waals surface area contributed by atoms with Crippen LogP contribution in [0.2, 0.25) is 0 Å². The van der Waals surface area contributed by atoms with Crippen LogP contribution in [0.1, 0.15) is 19.3 Å². The van der Waals surface area contributed by atoms with Gasteiger partial charge in [-0.3, -0.25) is 15.0 Å². The van der Waals surface area contributed by atoms with Gasteiger partial charge in [0.1, 0.15) is 0 Å². The Morgan fingerprint density at radius 2 is 1.74 bits per heavy atom. The highest BCUT2D eigenvalue weighted by atomic mass is 32.1. The van der Waals surface area contributed by atoms with Crippen molar-refractivity contribution in [3.8, 4) is 0 Å². The Morgan fingerprint density at radius 3 is 2.56 bits per heavy atom. The van der Waals surface area contributed by atoms with Crippen LogP contribution in [0.15, 0.2) is 24.3 Å². The first-order valence-corrected chi connectivity index (χ1v) is 10.4. The minimum atomic E-state index is -0.109. The van der Waals surface area contributed by atoms with Crippen molar-refractivity contribution in [2.45, 2.75) is 19.3 Å². The maximum atomic E-state index is 12.6. The van der Waals surface area contributed by atoms with E-state index in [0.29, 0.717) is 24.8 Å². The van der Waals surface area contributed by atoms with Crippen LogP contribution in [0, 0.1) is 0 Å². The third kappa shape index (κ3) is 4.39. The number of hydrogen-bond acceptors (Lipinski definition) is 5. The van der Waals surface area contributed by atoms with E-state index in [1.165, 1.54) is 11.3 Å². The number of urea groups is 1. The molecule has 0 atom stereocenters. The molecule has 7 nitrogen and oxygen atoms in total. The van der Waals surface area contributed by atoms with Gasteiger partial charge in [0.2, 0.25) is 5.91 Å². The molecule has 2 aromatic rings. The second-order valence-corrected chi connectivity index (χ2v) is 8.15. The molecule has 0 unspecified atom stereocenters. The number of hydrogen-bond donors (Lipinski definition) is 1. The fourth-order valence-electron chi connectivity index (χ4n) is 3.69. The molecule has 4 rings (SSSR count). The van der Waals surface area contributed by atoms with Gasteiger partial charge in [-0.15, -0.1) is 0 Å². The highest BCUT2D eigenvalue weighted by Crippen LogP contribution is 2.25. The van der Waals surface area contributed by atoms with Gasteiger partial charge in [-0.2, -0.15) is 0 Å². The van der Waals surface area contributed by atoms with Gasteiger partial charge in [0.05, 0.1) is 16.8 Å². The number of para-hydroxylation sites is 1. The van der Waals surface area contributed by atoms with E-state index in [2.05, 4.69) is 15.2 Å². The van der Waals surface area contributed by atoms with Crippen molar-refractivity contribution in [2.24, 2.45) is 0 Å². The Bertz CT molecular complexity index is 784. The molecule has 0 radical (unpaired) electrons. The second kappa shape index (κ2) is 8.22. The lowest BCUT2D eigenvalue weighted by Crippen LogP contribution is -2.41. The zero-order valence-electron chi connectivity index (χ0n) is 15.4. The lowest BCUT2D eigenvalue weighted by atomic mass is 10.3. The van der Waals surface area contributed by atoms with Crippen LogP contribution in [0.25, 0.3) is 10.2 Å². The van der Waals surface area contributed by atoms with Gasteiger partial charge >= 0.3 is 6.03 Å². The number of carbonyl (C=O) groups excluding carboxylic acids is 2. The zero-order valence-corrected chi connectivity index (χ0v) is 16.2. The first kappa shape index (κ1) is 18.2. The van der Waals surface area contributed by atoms with Crippen molar-refractivity contribution < 1.29 is 9.59 Å². The number of carbonyl (C=O) groups is 2. The van der Waals surface area contributed by atoms with E-state index in [4.69, 9.17) is 0 Å². The summed E-state index contributed by atoms with van der Waals surface area (Å²) >= 11 is 1.49. The first-order valence-electron chi connectivity index (χ1n) is 9.61. The third-order valence-corrected chi connectivity index (χ3v) is 6.15. The number of nitrogens with one attached hydrogen (secondary N) is 1. The van der Waals surface area contributed by atoms with E-state index in [9.17, 15) is 9.59 Å². The van der Waals surface area contributed by atoms with Crippen LogP contribution in [0.4, 0.5) is 9.93 Å². The molecule has 2 aliphatic rings. The van der Waals surface area contributed by atoms with Gasteiger partial charge in [-0.25, -0.2) is 9.78 Å². The largest absolute Gasteiger partial charge is 0.342 e. The van der Waals surface area contributed by atoms with E-state index in [0.717, 1.165) is 55.7 Å². The lowest BCUT2D eigenvalue weighted by molar-refractivity contribution is -0.131. The highest BCUT2D eigenvalue weighted by molar-refractivity contribution is 7.22. The van der Waals surface area contributed by atoms with Crippen LogP contribution < -0.4 is 5.32 Å². The number of anilines is 1. The molecule has 2 fully saturated rings. The molecule has 3 amide bonds. The van der Waals surface area contributed by atoms with Gasteiger partial charge in [0.15, 0.2) is 5.13 Å². The smallest absolute Gasteiger partial charge is 0.323 e. The van der Waals surface area contributed by atoms with Crippen LogP contribution in [0.3, 0.4) is 0 Å². The van der Waals surface area contributed by atoms with Crippen molar-refractivity contribution in [3.05, 3.63) is 24.3 Å². The first-order chi connectivity index (χ1) is 13.2. The highest BCUT2D eigenvalue weighted by Gasteiger charge is 2.24. The predicted octanol–water partition coefficient (Wildman–Crippen LogP) is 2.46. The number of amides is 3. The third-order valence-electron chi connectivity index (χ3n) is 5.20. The van der Waals surface area contributed by atoms with Gasteiger partial charge < -0.3 is 9.80 Å². The fourth-order valence-corrected chi connectivity index (χ4v) is 4.54. The van der Waals surface area contributed by atoms with Gasteiger partial charge in [0, 0.05) is 39.3 Å². The number of nitrogens with zero attached hydrogens (tertiary/aromatic N) is 4. The average molecular weight is 388 g/mol. The molecule has 0 saturated carbocycles. The van der Waals surface area contributed by atoms with Crippen LogP contribution in [-0.2, 0) is 4.79 Å². The SMILES string of the molecule is O=C(CN1CCCN(C(=O)Nc2nc3ccccc3s2)CC1)N1CCCC1. The summed E-state index contributed by atoms with van der Waals surface area (Å²) in [6.45, 7) is 5.16.